The summed E-state index contributed by atoms with van der Waals surface area (Å²) in [6.07, 6.45) is 6.40. The quantitative estimate of drug-likeness (QED) is 0.865. The Hall–Kier alpha value is -1.20. The van der Waals surface area contributed by atoms with Crippen molar-refractivity contribution in [2.75, 3.05) is 5.32 Å². The van der Waals surface area contributed by atoms with E-state index in [-0.39, 0.29) is 0 Å². The Morgan fingerprint density at radius 2 is 2.17 bits per heavy atom. The molecule has 1 aliphatic rings. The number of hydrogen-bond donors (Lipinski definition) is 1. The standard InChI is InChI=1S/C15H19ClN2/c1-2-11-5-3-4-6-15(11)18-13-7-8-14(16)12(9-13)10-17/h7-9,11,15,18H,2-6H2,1H3. The van der Waals surface area contributed by atoms with Crippen molar-refractivity contribution in [1.82, 2.24) is 0 Å². The summed E-state index contributed by atoms with van der Waals surface area (Å²) < 4.78 is 0. The number of halogens is 1. The highest BCUT2D eigenvalue weighted by molar-refractivity contribution is 6.31. The molecule has 1 N–H and O–H groups in total. The highest BCUT2D eigenvalue weighted by atomic mass is 35.5. The van der Waals surface area contributed by atoms with E-state index >= 15 is 0 Å². The highest BCUT2D eigenvalue weighted by Crippen LogP contribution is 2.30. The molecule has 18 heavy (non-hydrogen) atoms. The largest absolute Gasteiger partial charge is 0.382 e. The summed E-state index contributed by atoms with van der Waals surface area (Å²) in [5, 5.41) is 13.1. The summed E-state index contributed by atoms with van der Waals surface area (Å²) in [7, 11) is 0. The topological polar surface area (TPSA) is 35.8 Å². The molecule has 0 saturated heterocycles. The molecular formula is C15H19ClN2. The zero-order valence-electron chi connectivity index (χ0n) is 10.7. The van der Waals surface area contributed by atoms with Crippen LogP contribution in [0.15, 0.2) is 18.2 Å². The summed E-state index contributed by atoms with van der Waals surface area (Å²) in [5.41, 5.74) is 1.56. The van der Waals surface area contributed by atoms with Gasteiger partial charge >= 0.3 is 0 Å². The summed E-state index contributed by atoms with van der Waals surface area (Å²) in [6, 6.07) is 8.28. The molecule has 2 atom stereocenters. The second kappa shape index (κ2) is 6.11. The monoisotopic (exact) mass is 262 g/mol. The molecular weight excluding hydrogens is 244 g/mol. The van der Waals surface area contributed by atoms with E-state index < -0.39 is 0 Å². The van der Waals surface area contributed by atoms with Gasteiger partial charge in [-0.1, -0.05) is 37.8 Å². The lowest BCUT2D eigenvalue weighted by Crippen LogP contribution is -2.31. The maximum absolute atomic E-state index is 8.98. The van der Waals surface area contributed by atoms with Gasteiger partial charge in [0, 0.05) is 11.7 Å². The average Bonchev–Trinajstić information content (AvgIpc) is 2.41. The number of hydrogen-bond acceptors (Lipinski definition) is 2. The van der Waals surface area contributed by atoms with Gasteiger partial charge < -0.3 is 5.32 Å². The lowest BCUT2D eigenvalue weighted by Gasteiger charge is -2.32. The van der Waals surface area contributed by atoms with Gasteiger partial charge in [-0.3, -0.25) is 0 Å². The van der Waals surface area contributed by atoms with Crippen LogP contribution < -0.4 is 5.32 Å². The minimum absolute atomic E-state index is 0.527. The fourth-order valence-corrected chi connectivity index (χ4v) is 2.96. The van der Waals surface area contributed by atoms with Crippen molar-refractivity contribution in [1.29, 1.82) is 5.26 Å². The highest BCUT2D eigenvalue weighted by Gasteiger charge is 2.23. The summed E-state index contributed by atoms with van der Waals surface area (Å²) in [5.74, 6) is 0.750. The van der Waals surface area contributed by atoms with Crippen LogP contribution in [0.3, 0.4) is 0 Å². The molecule has 0 spiro atoms. The molecule has 0 radical (unpaired) electrons. The van der Waals surface area contributed by atoms with Gasteiger partial charge in [0.05, 0.1) is 10.6 Å². The Kier molecular flexibility index (Phi) is 4.49. The minimum atomic E-state index is 0.527. The zero-order valence-corrected chi connectivity index (χ0v) is 11.5. The van der Waals surface area contributed by atoms with Crippen molar-refractivity contribution in [3.05, 3.63) is 28.8 Å². The van der Waals surface area contributed by atoms with Crippen LogP contribution in [0.2, 0.25) is 5.02 Å². The first kappa shape index (κ1) is 13.2. The van der Waals surface area contributed by atoms with E-state index in [1.807, 2.05) is 12.1 Å². The Morgan fingerprint density at radius 3 is 2.89 bits per heavy atom. The molecule has 96 valence electrons. The average molecular weight is 263 g/mol. The molecule has 0 aliphatic heterocycles. The van der Waals surface area contributed by atoms with Crippen molar-refractivity contribution in [3.63, 3.8) is 0 Å². The van der Waals surface area contributed by atoms with E-state index in [0.29, 0.717) is 16.6 Å². The zero-order chi connectivity index (χ0) is 13.0. The van der Waals surface area contributed by atoms with Crippen LogP contribution in [0, 0.1) is 17.2 Å². The number of benzene rings is 1. The lowest BCUT2D eigenvalue weighted by atomic mass is 9.83. The summed E-state index contributed by atoms with van der Waals surface area (Å²) >= 11 is 5.94. The van der Waals surface area contributed by atoms with Gasteiger partial charge in [0.2, 0.25) is 0 Å². The number of rotatable bonds is 3. The van der Waals surface area contributed by atoms with Crippen molar-refractivity contribution >= 4 is 17.3 Å². The number of anilines is 1. The van der Waals surface area contributed by atoms with Gasteiger partial charge in [-0.25, -0.2) is 0 Å². The van der Waals surface area contributed by atoms with Crippen molar-refractivity contribution in [2.24, 2.45) is 5.92 Å². The van der Waals surface area contributed by atoms with Crippen LogP contribution in [0.5, 0.6) is 0 Å². The Balaban J connectivity index is 2.11. The lowest BCUT2D eigenvalue weighted by molar-refractivity contribution is 0.317. The Bertz CT molecular complexity index is 450. The van der Waals surface area contributed by atoms with Crippen molar-refractivity contribution < 1.29 is 0 Å². The third-order valence-electron chi connectivity index (χ3n) is 3.87. The molecule has 0 bridgehead atoms. The predicted molar refractivity (Wildman–Crippen MR) is 75.8 cm³/mol. The number of nitrogens with zero attached hydrogens (tertiary/aromatic N) is 1. The smallest absolute Gasteiger partial charge is 0.101 e. The van der Waals surface area contributed by atoms with Gasteiger partial charge in [-0.05, 0) is 37.0 Å². The molecule has 1 fully saturated rings. The van der Waals surface area contributed by atoms with Crippen molar-refractivity contribution in [3.8, 4) is 6.07 Å². The van der Waals surface area contributed by atoms with E-state index in [9.17, 15) is 0 Å². The number of nitriles is 1. The first-order valence-electron chi connectivity index (χ1n) is 6.70. The molecule has 1 aromatic carbocycles. The van der Waals surface area contributed by atoms with Crippen LogP contribution in [-0.2, 0) is 0 Å². The third kappa shape index (κ3) is 2.97. The fourth-order valence-electron chi connectivity index (χ4n) is 2.80. The molecule has 1 aliphatic carbocycles. The molecule has 1 saturated carbocycles. The Morgan fingerprint density at radius 1 is 1.39 bits per heavy atom. The van der Waals surface area contributed by atoms with Crippen LogP contribution in [0.4, 0.5) is 5.69 Å². The maximum Gasteiger partial charge on any atom is 0.101 e. The second-order valence-corrected chi connectivity index (χ2v) is 5.42. The van der Waals surface area contributed by atoms with E-state index in [2.05, 4.69) is 18.3 Å². The predicted octanol–water partition coefficient (Wildman–Crippen LogP) is 4.59. The third-order valence-corrected chi connectivity index (χ3v) is 4.20. The first-order valence-corrected chi connectivity index (χ1v) is 7.08. The van der Waals surface area contributed by atoms with Crippen LogP contribution in [0.25, 0.3) is 0 Å². The van der Waals surface area contributed by atoms with Gasteiger partial charge in [0.1, 0.15) is 6.07 Å². The fraction of sp³-hybridized carbons (Fsp3) is 0.533. The SMILES string of the molecule is CCC1CCCCC1Nc1ccc(Cl)c(C#N)c1. The second-order valence-electron chi connectivity index (χ2n) is 5.01. The van der Waals surface area contributed by atoms with Gasteiger partial charge in [0.15, 0.2) is 0 Å². The van der Waals surface area contributed by atoms with Crippen molar-refractivity contribution in [2.45, 2.75) is 45.1 Å². The van der Waals surface area contributed by atoms with Crippen LogP contribution >= 0.6 is 11.6 Å². The van der Waals surface area contributed by atoms with E-state index in [1.165, 1.54) is 32.1 Å². The van der Waals surface area contributed by atoms with Gasteiger partial charge in [-0.15, -0.1) is 0 Å². The summed E-state index contributed by atoms with van der Waals surface area (Å²) in [6.45, 7) is 2.26. The van der Waals surface area contributed by atoms with Gasteiger partial charge in [-0.2, -0.15) is 5.26 Å². The normalized spacial score (nSPS) is 23.4. The van der Waals surface area contributed by atoms with Crippen LogP contribution in [0.1, 0.15) is 44.6 Å². The van der Waals surface area contributed by atoms with E-state index in [4.69, 9.17) is 16.9 Å². The van der Waals surface area contributed by atoms with E-state index in [0.717, 1.165) is 11.6 Å². The Labute approximate surface area is 114 Å². The molecule has 0 heterocycles. The minimum Gasteiger partial charge on any atom is -0.382 e. The maximum atomic E-state index is 8.98. The first-order chi connectivity index (χ1) is 8.74. The molecule has 0 amide bonds. The number of nitrogens with one attached hydrogen (secondary N) is 1. The van der Waals surface area contributed by atoms with Gasteiger partial charge in [0.25, 0.3) is 0 Å². The molecule has 1 aromatic rings. The molecule has 2 rings (SSSR count). The van der Waals surface area contributed by atoms with E-state index in [1.54, 1.807) is 6.07 Å². The summed E-state index contributed by atoms with van der Waals surface area (Å²) in [4.78, 5) is 0. The molecule has 2 nitrogen and oxygen atoms in total. The molecule has 2 unspecified atom stereocenters. The molecule has 0 aromatic heterocycles. The van der Waals surface area contributed by atoms with Crippen LogP contribution in [-0.4, -0.2) is 6.04 Å². The molecule has 3 heteroatoms.